The summed E-state index contributed by atoms with van der Waals surface area (Å²) in [6.07, 6.45) is 1.66. The Morgan fingerprint density at radius 1 is 1.52 bits per heavy atom. The molecule has 0 bridgehead atoms. The van der Waals surface area contributed by atoms with Crippen molar-refractivity contribution in [3.63, 3.8) is 0 Å². The van der Waals surface area contributed by atoms with Gasteiger partial charge in [-0.3, -0.25) is 4.79 Å². The number of likely N-dealkylation sites (tertiary alicyclic amines) is 1. The second-order valence-electron chi connectivity index (χ2n) is 5.72. The molecule has 2 aromatic rings. The lowest BCUT2D eigenvalue weighted by atomic mass is 9.99. The number of hydrogen-bond acceptors (Lipinski definition) is 6. The van der Waals surface area contributed by atoms with Crippen LogP contribution in [0.2, 0.25) is 0 Å². The molecule has 1 saturated heterocycles. The molecule has 1 fully saturated rings. The SMILES string of the molecule is CC1(C(=O)O)CCCN1C(=O)CCc1nc(-c2cccs2)no1. The number of nitrogens with zero attached hydrogens (tertiary/aromatic N) is 3. The monoisotopic (exact) mass is 335 g/mol. The maximum absolute atomic E-state index is 12.3. The van der Waals surface area contributed by atoms with Gasteiger partial charge in [-0.25, -0.2) is 4.79 Å². The van der Waals surface area contributed by atoms with E-state index in [1.807, 2.05) is 17.5 Å². The first kappa shape index (κ1) is 15.7. The summed E-state index contributed by atoms with van der Waals surface area (Å²) in [5.74, 6) is -0.249. The van der Waals surface area contributed by atoms with Crippen molar-refractivity contribution >= 4 is 23.2 Å². The minimum Gasteiger partial charge on any atom is -0.480 e. The lowest BCUT2D eigenvalue weighted by Crippen LogP contribution is -2.50. The smallest absolute Gasteiger partial charge is 0.329 e. The summed E-state index contributed by atoms with van der Waals surface area (Å²) in [5.41, 5.74) is -1.10. The normalized spacial score (nSPS) is 20.8. The van der Waals surface area contributed by atoms with Crippen molar-refractivity contribution in [2.45, 2.75) is 38.1 Å². The molecule has 23 heavy (non-hydrogen) atoms. The molecule has 122 valence electrons. The van der Waals surface area contributed by atoms with Crippen molar-refractivity contribution in [3.8, 4) is 10.7 Å². The topological polar surface area (TPSA) is 96.5 Å². The van der Waals surface area contributed by atoms with Crippen LogP contribution in [0, 0.1) is 0 Å². The van der Waals surface area contributed by atoms with E-state index in [0.717, 1.165) is 4.88 Å². The average molecular weight is 335 g/mol. The average Bonchev–Trinajstić information content (AvgIpc) is 3.25. The van der Waals surface area contributed by atoms with E-state index in [2.05, 4.69) is 10.1 Å². The molecule has 1 unspecified atom stereocenters. The summed E-state index contributed by atoms with van der Waals surface area (Å²) in [4.78, 5) is 30.4. The van der Waals surface area contributed by atoms with E-state index in [1.165, 1.54) is 16.2 Å². The fraction of sp³-hybridized carbons (Fsp3) is 0.467. The number of carbonyl (C=O) groups is 2. The van der Waals surface area contributed by atoms with Gasteiger partial charge in [0.25, 0.3) is 0 Å². The summed E-state index contributed by atoms with van der Waals surface area (Å²) >= 11 is 1.51. The molecule has 0 saturated carbocycles. The molecule has 1 N–H and O–H groups in total. The molecule has 1 aliphatic rings. The van der Waals surface area contributed by atoms with Gasteiger partial charge in [-0.15, -0.1) is 11.3 Å². The zero-order chi connectivity index (χ0) is 16.4. The van der Waals surface area contributed by atoms with E-state index >= 15 is 0 Å². The maximum Gasteiger partial charge on any atom is 0.329 e. The zero-order valence-electron chi connectivity index (χ0n) is 12.7. The van der Waals surface area contributed by atoms with Gasteiger partial charge in [0.1, 0.15) is 5.54 Å². The first-order valence-electron chi connectivity index (χ1n) is 7.41. The van der Waals surface area contributed by atoms with Crippen LogP contribution in [-0.2, 0) is 16.0 Å². The largest absolute Gasteiger partial charge is 0.480 e. The second kappa shape index (κ2) is 6.11. The molecule has 1 amide bonds. The highest BCUT2D eigenvalue weighted by Gasteiger charge is 2.45. The van der Waals surface area contributed by atoms with E-state index in [1.54, 1.807) is 6.92 Å². The first-order valence-corrected chi connectivity index (χ1v) is 8.29. The lowest BCUT2D eigenvalue weighted by molar-refractivity contribution is -0.155. The van der Waals surface area contributed by atoms with Crippen LogP contribution in [-0.4, -0.2) is 44.1 Å². The molecule has 1 aliphatic heterocycles. The maximum atomic E-state index is 12.3. The molecule has 3 heterocycles. The van der Waals surface area contributed by atoms with Gasteiger partial charge in [0.15, 0.2) is 0 Å². The minimum atomic E-state index is -1.10. The fourth-order valence-corrected chi connectivity index (χ4v) is 3.45. The quantitative estimate of drug-likeness (QED) is 0.900. The van der Waals surface area contributed by atoms with Crippen LogP contribution >= 0.6 is 11.3 Å². The molecule has 2 aromatic heterocycles. The van der Waals surface area contributed by atoms with Crippen molar-refractivity contribution in [2.75, 3.05) is 6.54 Å². The first-order chi connectivity index (χ1) is 11.0. The highest BCUT2D eigenvalue weighted by molar-refractivity contribution is 7.13. The Kier molecular flexibility index (Phi) is 4.16. The van der Waals surface area contributed by atoms with Crippen LogP contribution in [0.4, 0.5) is 0 Å². The predicted octanol–water partition coefficient (Wildman–Crippen LogP) is 2.20. The highest BCUT2D eigenvalue weighted by atomic mass is 32.1. The third-order valence-electron chi connectivity index (χ3n) is 4.17. The van der Waals surface area contributed by atoms with Crippen LogP contribution in [0.3, 0.4) is 0 Å². The van der Waals surface area contributed by atoms with Crippen LogP contribution in [0.15, 0.2) is 22.0 Å². The van der Waals surface area contributed by atoms with E-state index in [0.29, 0.717) is 37.5 Å². The van der Waals surface area contributed by atoms with Crippen molar-refractivity contribution in [1.29, 1.82) is 0 Å². The molecular formula is C15H17N3O4S. The number of carboxylic acid groups (broad SMARTS) is 1. The Morgan fingerprint density at radius 2 is 2.35 bits per heavy atom. The Hall–Kier alpha value is -2.22. The highest BCUT2D eigenvalue weighted by Crippen LogP contribution is 2.30. The van der Waals surface area contributed by atoms with Crippen LogP contribution in [0.25, 0.3) is 10.7 Å². The Labute approximate surface area is 136 Å². The number of hydrogen-bond donors (Lipinski definition) is 1. The lowest BCUT2D eigenvalue weighted by Gasteiger charge is -2.31. The summed E-state index contributed by atoms with van der Waals surface area (Å²) in [6, 6.07) is 3.80. The number of carboxylic acids is 1. The number of aryl methyl sites for hydroxylation is 1. The fourth-order valence-electron chi connectivity index (χ4n) is 2.80. The molecule has 0 aromatic carbocycles. The van der Waals surface area contributed by atoms with Gasteiger partial charge in [0.2, 0.25) is 17.6 Å². The Morgan fingerprint density at radius 3 is 3.04 bits per heavy atom. The van der Waals surface area contributed by atoms with E-state index < -0.39 is 11.5 Å². The predicted molar refractivity (Wildman–Crippen MR) is 82.9 cm³/mol. The number of thiophene rings is 1. The molecule has 0 aliphatic carbocycles. The van der Waals surface area contributed by atoms with Crippen molar-refractivity contribution in [2.24, 2.45) is 0 Å². The van der Waals surface area contributed by atoms with Crippen LogP contribution < -0.4 is 0 Å². The van der Waals surface area contributed by atoms with E-state index in [-0.39, 0.29) is 12.3 Å². The van der Waals surface area contributed by atoms with Crippen LogP contribution in [0.5, 0.6) is 0 Å². The van der Waals surface area contributed by atoms with Gasteiger partial charge in [-0.1, -0.05) is 11.2 Å². The van der Waals surface area contributed by atoms with Gasteiger partial charge < -0.3 is 14.5 Å². The zero-order valence-corrected chi connectivity index (χ0v) is 13.5. The number of rotatable bonds is 5. The Bertz CT molecular complexity index is 712. The van der Waals surface area contributed by atoms with Crippen molar-refractivity contribution in [1.82, 2.24) is 15.0 Å². The van der Waals surface area contributed by atoms with Gasteiger partial charge >= 0.3 is 5.97 Å². The molecule has 0 radical (unpaired) electrons. The molecule has 0 spiro atoms. The number of aromatic nitrogens is 2. The molecular weight excluding hydrogens is 318 g/mol. The third-order valence-corrected chi connectivity index (χ3v) is 5.03. The number of carbonyl (C=O) groups excluding carboxylic acids is 1. The molecule has 1 atom stereocenters. The standard InChI is InChI=1S/C15H17N3O4S/c1-15(14(20)21)7-3-8-18(15)12(19)6-5-11-16-13(17-22-11)10-4-2-9-23-10/h2,4,9H,3,5-8H2,1H3,(H,20,21). The van der Waals surface area contributed by atoms with Gasteiger partial charge in [-0.05, 0) is 31.2 Å². The molecule has 8 heteroatoms. The van der Waals surface area contributed by atoms with E-state index in [4.69, 9.17) is 4.52 Å². The van der Waals surface area contributed by atoms with Gasteiger partial charge in [-0.2, -0.15) is 4.98 Å². The van der Waals surface area contributed by atoms with E-state index in [9.17, 15) is 14.7 Å². The summed E-state index contributed by atoms with van der Waals surface area (Å²) in [7, 11) is 0. The second-order valence-corrected chi connectivity index (χ2v) is 6.66. The van der Waals surface area contributed by atoms with Gasteiger partial charge in [0, 0.05) is 19.4 Å². The van der Waals surface area contributed by atoms with Crippen LogP contribution in [0.1, 0.15) is 32.1 Å². The van der Waals surface area contributed by atoms with Gasteiger partial charge in [0.05, 0.1) is 4.88 Å². The molecule has 3 rings (SSSR count). The Balaban J connectivity index is 1.62. The van der Waals surface area contributed by atoms with Crippen molar-refractivity contribution < 1.29 is 19.2 Å². The number of amides is 1. The number of aliphatic carboxylic acids is 1. The summed E-state index contributed by atoms with van der Waals surface area (Å²) < 4.78 is 5.16. The minimum absolute atomic E-state index is 0.162. The summed E-state index contributed by atoms with van der Waals surface area (Å²) in [5, 5.41) is 15.2. The van der Waals surface area contributed by atoms with Crippen molar-refractivity contribution in [3.05, 3.63) is 23.4 Å². The molecule has 7 nitrogen and oxygen atoms in total. The third kappa shape index (κ3) is 2.98. The summed E-state index contributed by atoms with van der Waals surface area (Å²) in [6.45, 7) is 2.08.